The SMILES string of the molecule is Cc1ccc(C(C)(C)C)c(Oc2ncc(Br)cc2F)c1. The summed E-state index contributed by atoms with van der Waals surface area (Å²) >= 11 is 3.18. The van der Waals surface area contributed by atoms with E-state index in [2.05, 4.69) is 41.7 Å². The van der Waals surface area contributed by atoms with Crippen molar-refractivity contribution < 1.29 is 9.13 Å². The van der Waals surface area contributed by atoms with Crippen LogP contribution in [0.3, 0.4) is 0 Å². The Kier molecular flexibility index (Phi) is 4.14. The molecule has 2 rings (SSSR count). The van der Waals surface area contributed by atoms with Crippen molar-refractivity contribution in [1.82, 2.24) is 4.98 Å². The number of rotatable bonds is 2. The molecule has 2 nitrogen and oxygen atoms in total. The van der Waals surface area contributed by atoms with Crippen LogP contribution in [0.4, 0.5) is 4.39 Å². The normalized spacial score (nSPS) is 11.5. The number of ether oxygens (including phenoxy) is 1. The molecular weight excluding hydrogens is 321 g/mol. The lowest BCUT2D eigenvalue weighted by Crippen LogP contribution is -2.13. The zero-order chi connectivity index (χ0) is 14.9. The first-order valence-corrected chi connectivity index (χ1v) is 7.17. The lowest BCUT2D eigenvalue weighted by molar-refractivity contribution is 0.407. The van der Waals surface area contributed by atoms with Crippen molar-refractivity contribution in [3.8, 4) is 11.6 Å². The lowest BCUT2D eigenvalue weighted by Gasteiger charge is -2.23. The molecule has 0 bridgehead atoms. The second-order valence-corrected chi connectivity index (χ2v) is 6.71. The molecule has 0 N–H and O–H groups in total. The second kappa shape index (κ2) is 5.52. The van der Waals surface area contributed by atoms with Crippen LogP contribution in [0.25, 0.3) is 0 Å². The van der Waals surface area contributed by atoms with Crippen LogP contribution >= 0.6 is 15.9 Å². The van der Waals surface area contributed by atoms with E-state index in [1.807, 2.05) is 25.1 Å². The number of pyridine rings is 1. The highest BCUT2D eigenvalue weighted by Gasteiger charge is 2.20. The maximum absolute atomic E-state index is 13.8. The summed E-state index contributed by atoms with van der Waals surface area (Å²) in [5, 5.41) is 0. The van der Waals surface area contributed by atoms with Gasteiger partial charge < -0.3 is 4.74 Å². The number of nitrogens with zero attached hydrogens (tertiary/aromatic N) is 1. The van der Waals surface area contributed by atoms with E-state index in [0.717, 1.165) is 11.1 Å². The molecule has 0 atom stereocenters. The summed E-state index contributed by atoms with van der Waals surface area (Å²) < 4.78 is 20.1. The van der Waals surface area contributed by atoms with Crippen molar-refractivity contribution in [2.24, 2.45) is 0 Å². The zero-order valence-electron chi connectivity index (χ0n) is 12.0. The summed E-state index contributed by atoms with van der Waals surface area (Å²) in [7, 11) is 0. The molecule has 0 amide bonds. The molecule has 0 spiro atoms. The Morgan fingerprint density at radius 2 is 1.90 bits per heavy atom. The average Bonchev–Trinajstić information content (AvgIpc) is 2.31. The van der Waals surface area contributed by atoms with E-state index in [1.54, 1.807) is 0 Å². The molecule has 0 saturated carbocycles. The minimum Gasteiger partial charge on any atom is -0.436 e. The van der Waals surface area contributed by atoms with Gasteiger partial charge in [-0.05, 0) is 46.0 Å². The summed E-state index contributed by atoms with van der Waals surface area (Å²) in [6, 6.07) is 7.29. The molecule has 0 aliphatic rings. The molecule has 0 fully saturated rings. The van der Waals surface area contributed by atoms with Crippen LogP contribution in [0.1, 0.15) is 31.9 Å². The van der Waals surface area contributed by atoms with Crippen molar-refractivity contribution in [3.63, 3.8) is 0 Å². The van der Waals surface area contributed by atoms with E-state index in [4.69, 9.17) is 4.74 Å². The Hall–Kier alpha value is -1.42. The molecule has 0 unspecified atom stereocenters. The van der Waals surface area contributed by atoms with Gasteiger partial charge in [0.2, 0.25) is 0 Å². The molecule has 2 aromatic rings. The Balaban J connectivity index is 2.45. The number of hydrogen-bond acceptors (Lipinski definition) is 2. The van der Waals surface area contributed by atoms with Gasteiger partial charge >= 0.3 is 0 Å². The number of benzene rings is 1. The van der Waals surface area contributed by atoms with E-state index in [-0.39, 0.29) is 11.3 Å². The lowest BCUT2D eigenvalue weighted by atomic mass is 9.86. The highest BCUT2D eigenvalue weighted by Crippen LogP contribution is 2.35. The summed E-state index contributed by atoms with van der Waals surface area (Å²) in [4.78, 5) is 3.98. The third-order valence-electron chi connectivity index (χ3n) is 2.93. The highest BCUT2D eigenvalue weighted by atomic mass is 79.9. The first-order valence-electron chi connectivity index (χ1n) is 6.37. The Labute approximate surface area is 127 Å². The van der Waals surface area contributed by atoms with Gasteiger partial charge in [-0.15, -0.1) is 0 Å². The minimum absolute atomic E-state index is 0.00991. The fourth-order valence-electron chi connectivity index (χ4n) is 1.91. The van der Waals surface area contributed by atoms with Crippen molar-refractivity contribution in [2.45, 2.75) is 33.1 Å². The Morgan fingerprint density at radius 3 is 2.50 bits per heavy atom. The third kappa shape index (κ3) is 3.37. The third-order valence-corrected chi connectivity index (χ3v) is 3.36. The van der Waals surface area contributed by atoms with E-state index in [9.17, 15) is 4.39 Å². The molecule has 106 valence electrons. The molecule has 1 aromatic heterocycles. The van der Waals surface area contributed by atoms with Gasteiger partial charge in [-0.2, -0.15) is 0 Å². The number of aryl methyl sites for hydroxylation is 1. The van der Waals surface area contributed by atoms with Crippen LogP contribution in [-0.4, -0.2) is 4.98 Å². The molecule has 0 saturated heterocycles. The molecule has 0 aliphatic heterocycles. The first kappa shape index (κ1) is 15.0. The maximum atomic E-state index is 13.8. The number of halogens is 2. The van der Waals surface area contributed by atoms with Crippen molar-refractivity contribution in [2.75, 3.05) is 0 Å². The van der Waals surface area contributed by atoms with Gasteiger partial charge in [0.15, 0.2) is 5.82 Å². The summed E-state index contributed by atoms with van der Waals surface area (Å²) in [5.74, 6) is 0.149. The highest BCUT2D eigenvalue weighted by molar-refractivity contribution is 9.10. The summed E-state index contributed by atoms with van der Waals surface area (Å²) in [6.07, 6.45) is 1.52. The van der Waals surface area contributed by atoms with E-state index >= 15 is 0 Å². The van der Waals surface area contributed by atoms with Crippen LogP contribution < -0.4 is 4.74 Å². The number of hydrogen-bond donors (Lipinski definition) is 0. The van der Waals surface area contributed by atoms with Crippen LogP contribution in [0, 0.1) is 12.7 Å². The van der Waals surface area contributed by atoms with E-state index in [0.29, 0.717) is 10.2 Å². The predicted octanol–water partition coefficient (Wildman–Crippen LogP) is 5.38. The molecule has 20 heavy (non-hydrogen) atoms. The van der Waals surface area contributed by atoms with Crippen molar-refractivity contribution in [3.05, 3.63) is 51.9 Å². The first-order chi connectivity index (χ1) is 9.27. The summed E-state index contributed by atoms with van der Waals surface area (Å²) in [5.41, 5.74) is 1.99. The Bertz CT molecular complexity index is 635. The van der Waals surface area contributed by atoms with Crippen LogP contribution in [0.2, 0.25) is 0 Å². The largest absolute Gasteiger partial charge is 0.436 e. The fraction of sp³-hybridized carbons (Fsp3) is 0.312. The monoisotopic (exact) mass is 337 g/mol. The van der Waals surface area contributed by atoms with Gasteiger partial charge in [0.05, 0.1) is 0 Å². The van der Waals surface area contributed by atoms with Gasteiger partial charge in [0.25, 0.3) is 5.88 Å². The fourth-order valence-corrected chi connectivity index (χ4v) is 2.22. The average molecular weight is 338 g/mol. The maximum Gasteiger partial charge on any atom is 0.255 e. The standard InChI is InChI=1S/C16H17BrFNO/c1-10-5-6-12(16(2,3)4)14(7-10)20-15-13(18)8-11(17)9-19-15/h5-9H,1-4H3. The Morgan fingerprint density at radius 1 is 1.20 bits per heavy atom. The predicted molar refractivity (Wildman–Crippen MR) is 81.8 cm³/mol. The van der Waals surface area contributed by atoms with E-state index in [1.165, 1.54) is 12.3 Å². The van der Waals surface area contributed by atoms with Crippen molar-refractivity contribution >= 4 is 15.9 Å². The van der Waals surface area contributed by atoms with Gasteiger partial charge in [0.1, 0.15) is 5.75 Å². The van der Waals surface area contributed by atoms with Gasteiger partial charge in [-0.3, -0.25) is 0 Å². The summed E-state index contributed by atoms with van der Waals surface area (Å²) in [6.45, 7) is 8.26. The molecule has 4 heteroatoms. The smallest absolute Gasteiger partial charge is 0.255 e. The van der Waals surface area contributed by atoms with Gasteiger partial charge in [0, 0.05) is 16.2 Å². The topological polar surface area (TPSA) is 22.1 Å². The number of aromatic nitrogens is 1. The van der Waals surface area contributed by atoms with Crippen LogP contribution in [0.15, 0.2) is 34.9 Å². The molecule has 1 heterocycles. The molecule has 1 aromatic carbocycles. The quantitative estimate of drug-likeness (QED) is 0.733. The zero-order valence-corrected chi connectivity index (χ0v) is 13.6. The minimum atomic E-state index is -0.485. The van der Waals surface area contributed by atoms with Gasteiger partial charge in [-0.1, -0.05) is 32.9 Å². The van der Waals surface area contributed by atoms with Crippen LogP contribution in [0.5, 0.6) is 11.6 Å². The van der Waals surface area contributed by atoms with Crippen molar-refractivity contribution in [1.29, 1.82) is 0 Å². The second-order valence-electron chi connectivity index (χ2n) is 5.79. The molecule has 0 aliphatic carbocycles. The van der Waals surface area contributed by atoms with Gasteiger partial charge in [-0.25, -0.2) is 9.37 Å². The molecular formula is C16H17BrFNO. The van der Waals surface area contributed by atoms with E-state index < -0.39 is 5.82 Å². The molecule has 0 radical (unpaired) electrons. The van der Waals surface area contributed by atoms with Crippen LogP contribution in [-0.2, 0) is 5.41 Å².